The fourth-order valence-corrected chi connectivity index (χ4v) is 0.861. The third kappa shape index (κ3) is 1.99. The Kier molecular flexibility index (Phi) is 2.40. The van der Waals surface area contributed by atoms with E-state index in [1.807, 2.05) is 0 Å². The van der Waals surface area contributed by atoms with Crippen molar-refractivity contribution in [3.8, 4) is 0 Å². The molecule has 1 rings (SSSR count). The third-order valence-corrected chi connectivity index (χ3v) is 1.53. The highest BCUT2D eigenvalue weighted by Gasteiger charge is 2.34. The summed E-state index contributed by atoms with van der Waals surface area (Å²) in [5.74, 6) is 0. The maximum absolute atomic E-state index is 12.2. The predicted octanol–water partition coefficient (Wildman–Crippen LogP) is 1.27. The molecule has 1 unspecified atom stereocenters. The van der Waals surface area contributed by atoms with Gasteiger partial charge in [-0.15, -0.1) is 0 Å². The first-order valence-corrected chi connectivity index (χ1v) is 3.42. The molecule has 2 nitrogen and oxygen atoms in total. The number of nitrogens with two attached hydrogens (primary N) is 1. The van der Waals surface area contributed by atoms with Crippen LogP contribution in [0.5, 0.6) is 0 Å². The van der Waals surface area contributed by atoms with Gasteiger partial charge < -0.3 is 10.8 Å². The Balaban J connectivity index is 2.86. The standard InChI is InChI=1S/C8H9F2NO/c9-8(10,12)7(11)6-4-2-1-3-5-6/h1-5,7,12H,11H2. The van der Waals surface area contributed by atoms with Crippen LogP contribution < -0.4 is 5.73 Å². The average molecular weight is 173 g/mol. The Morgan fingerprint density at radius 1 is 1.25 bits per heavy atom. The summed E-state index contributed by atoms with van der Waals surface area (Å²) in [6, 6.07) is 6.08. The summed E-state index contributed by atoms with van der Waals surface area (Å²) in [6.07, 6.45) is -3.86. The van der Waals surface area contributed by atoms with Crippen LogP contribution in [0.3, 0.4) is 0 Å². The molecule has 0 saturated heterocycles. The molecule has 12 heavy (non-hydrogen) atoms. The Hall–Kier alpha value is -1.00. The number of aliphatic hydroxyl groups is 1. The molecule has 0 saturated carbocycles. The van der Waals surface area contributed by atoms with E-state index in [1.54, 1.807) is 18.2 Å². The van der Waals surface area contributed by atoms with Gasteiger partial charge in [-0.1, -0.05) is 30.3 Å². The van der Waals surface area contributed by atoms with Crippen LogP contribution >= 0.6 is 0 Å². The van der Waals surface area contributed by atoms with E-state index in [1.165, 1.54) is 12.1 Å². The smallest absolute Gasteiger partial charge is 0.335 e. The van der Waals surface area contributed by atoms with E-state index in [9.17, 15) is 8.78 Å². The van der Waals surface area contributed by atoms with Crippen LogP contribution in [0.2, 0.25) is 0 Å². The van der Waals surface area contributed by atoms with E-state index in [4.69, 9.17) is 10.8 Å². The van der Waals surface area contributed by atoms with Crippen molar-refractivity contribution in [3.63, 3.8) is 0 Å². The zero-order chi connectivity index (χ0) is 9.19. The zero-order valence-electron chi connectivity index (χ0n) is 6.24. The number of benzene rings is 1. The quantitative estimate of drug-likeness (QED) is 0.707. The summed E-state index contributed by atoms with van der Waals surface area (Å²) < 4.78 is 24.5. The minimum absolute atomic E-state index is 0.213. The van der Waals surface area contributed by atoms with Gasteiger partial charge in [-0.05, 0) is 5.56 Å². The van der Waals surface area contributed by atoms with E-state index in [-0.39, 0.29) is 5.56 Å². The highest BCUT2D eigenvalue weighted by Crippen LogP contribution is 2.25. The third-order valence-electron chi connectivity index (χ3n) is 1.53. The molecule has 0 amide bonds. The molecule has 0 spiro atoms. The summed E-state index contributed by atoms with van der Waals surface area (Å²) in [5, 5.41) is 8.28. The lowest BCUT2D eigenvalue weighted by Crippen LogP contribution is -2.32. The van der Waals surface area contributed by atoms with E-state index in [2.05, 4.69) is 0 Å². The molecule has 0 aromatic heterocycles. The van der Waals surface area contributed by atoms with Crippen molar-refractivity contribution in [2.24, 2.45) is 5.73 Å². The SMILES string of the molecule is NC(c1ccccc1)C(O)(F)F. The second-order valence-corrected chi connectivity index (χ2v) is 2.48. The average Bonchev–Trinajstić information content (AvgIpc) is 2.03. The molecule has 0 heterocycles. The number of hydrogen-bond acceptors (Lipinski definition) is 2. The molecule has 0 aliphatic carbocycles. The molecule has 66 valence electrons. The van der Waals surface area contributed by atoms with Crippen LogP contribution in [0.4, 0.5) is 8.78 Å². The lowest BCUT2D eigenvalue weighted by Gasteiger charge is -2.17. The van der Waals surface area contributed by atoms with Gasteiger partial charge in [-0.25, -0.2) is 0 Å². The van der Waals surface area contributed by atoms with Crippen molar-refractivity contribution in [2.75, 3.05) is 0 Å². The highest BCUT2D eigenvalue weighted by atomic mass is 19.3. The highest BCUT2D eigenvalue weighted by molar-refractivity contribution is 5.19. The minimum atomic E-state index is -3.86. The van der Waals surface area contributed by atoms with Crippen molar-refractivity contribution in [1.29, 1.82) is 0 Å². The first-order valence-electron chi connectivity index (χ1n) is 3.42. The van der Waals surface area contributed by atoms with Gasteiger partial charge in [0.1, 0.15) is 6.04 Å². The zero-order valence-corrected chi connectivity index (χ0v) is 6.24. The van der Waals surface area contributed by atoms with E-state index in [0.29, 0.717) is 0 Å². The normalized spacial score (nSPS) is 14.3. The first-order chi connectivity index (χ1) is 5.52. The van der Waals surface area contributed by atoms with Crippen molar-refractivity contribution in [2.45, 2.75) is 12.2 Å². The fourth-order valence-electron chi connectivity index (χ4n) is 0.861. The minimum Gasteiger partial charge on any atom is -0.335 e. The number of halogens is 2. The van der Waals surface area contributed by atoms with Crippen LogP contribution in [-0.2, 0) is 0 Å². The van der Waals surface area contributed by atoms with Crippen LogP contribution in [-0.4, -0.2) is 11.2 Å². The maximum atomic E-state index is 12.2. The summed E-state index contributed by atoms with van der Waals surface area (Å²) >= 11 is 0. The number of alkyl halides is 2. The predicted molar refractivity (Wildman–Crippen MR) is 40.5 cm³/mol. The Morgan fingerprint density at radius 2 is 1.75 bits per heavy atom. The van der Waals surface area contributed by atoms with Crippen molar-refractivity contribution in [1.82, 2.24) is 0 Å². The van der Waals surface area contributed by atoms with Crippen LogP contribution in [0.25, 0.3) is 0 Å². The second-order valence-electron chi connectivity index (χ2n) is 2.48. The van der Waals surface area contributed by atoms with Crippen LogP contribution in [0.1, 0.15) is 11.6 Å². The Bertz CT molecular complexity index is 245. The first kappa shape index (κ1) is 9.09. The van der Waals surface area contributed by atoms with Gasteiger partial charge >= 0.3 is 6.11 Å². The van der Waals surface area contributed by atoms with Crippen molar-refractivity contribution in [3.05, 3.63) is 35.9 Å². The van der Waals surface area contributed by atoms with Gasteiger partial charge in [0.2, 0.25) is 0 Å². The van der Waals surface area contributed by atoms with Crippen molar-refractivity contribution < 1.29 is 13.9 Å². The summed E-state index contributed by atoms with van der Waals surface area (Å²) in [7, 11) is 0. The molecule has 0 bridgehead atoms. The van der Waals surface area contributed by atoms with Gasteiger partial charge in [0.25, 0.3) is 0 Å². The lowest BCUT2D eigenvalue weighted by molar-refractivity contribution is -0.215. The molecule has 1 aromatic rings. The molecule has 1 aromatic carbocycles. The van der Waals surface area contributed by atoms with Gasteiger partial charge in [0.15, 0.2) is 0 Å². The number of hydrogen-bond donors (Lipinski definition) is 2. The van der Waals surface area contributed by atoms with Gasteiger partial charge in [0, 0.05) is 0 Å². The largest absolute Gasteiger partial charge is 0.372 e. The molecular weight excluding hydrogens is 164 g/mol. The lowest BCUT2D eigenvalue weighted by atomic mass is 10.1. The van der Waals surface area contributed by atoms with E-state index in [0.717, 1.165) is 0 Å². The summed E-state index contributed by atoms with van der Waals surface area (Å²) in [5.41, 5.74) is 5.28. The van der Waals surface area contributed by atoms with Crippen molar-refractivity contribution >= 4 is 0 Å². The second kappa shape index (κ2) is 3.16. The van der Waals surface area contributed by atoms with Crippen LogP contribution in [0, 0.1) is 0 Å². The molecule has 0 aliphatic rings. The van der Waals surface area contributed by atoms with E-state index >= 15 is 0 Å². The van der Waals surface area contributed by atoms with Gasteiger partial charge in [-0.2, -0.15) is 8.78 Å². The summed E-state index contributed by atoms with van der Waals surface area (Å²) in [6.45, 7) is 0. The molecule has 0 radical (unpaired) electrons. The Morgan fingerprint density at radius 3 is 2.17 bits per heavy atom. The molecule has 4 heteroatoms. The Labute approximate surface area is 68.6 Å². The maximum Gasteiger partial charge on any atom is 0.372 e. The summed E-state index contributed by atoms with van der Waals surface area (Å²) in [4.78, 5) is 0. The molecular formula is C8H9F2NO. The van der Waals surface area contributed by atoms with E-state index < -0.39 is 12.2 Å². The fraction of sp³-hybridized carbons (Fsp3) is 0.250. The monoisotopic (exact) mass is 173 g/mol. The van der Waals surface area contributed by atoms with Gasteiger partial charge in [-0.3, -0.25) is 0 Å². The van der Waals surface area contributed by atoms with Gasteiger partial charge in [0.05, 0.1) is 0 Å². The van der Waals surface area contributed by atoms with Crippen LogP contribution in [0.15, 0.2) is 30.3 Å². The number of rotatable bonds is 2. The molecule has 1 atom stereocenters. The molecule has 3 N–H and O–H groups in total. The molecule has 0 fully saturated rings. The topological polar surface area (TPSA) is 46.2 Å². The molecule has 0 aliphatic heterocycles.